The number of phenols is 2. The van der Waals surface area contributed by atoms with Crippen LogP contribution in [-0.2, 0) is 57.0 Å². The third-order valence-electron chi connectivity index (χ3n) is 13.4. The molecule has 5 rings (SSSR count). The van der Waals surface area contributed by atoms with Crippen molar-refractivity contribution in [2.24, 2.45) is 0 Å². The molecule has 4 aliphatic heterocycles. The van der Waals surface area contributed by atoms with Crippen LogP contribution < -0.4 is 10.6 Å². The van der Waals surface area contributed by atoms with Crippen LogP contribution in [0.4, 0.5) is 0 Å². The van der Waals surface area contributed by atoms with Crippen LogP contribution in [0.1, 0.15) is 75.6 Å². The predicted molar refractivity (Wildman–Crippen MR) is 244 cm³/mol. The number of rotatable bonds is 25. The fraction of sp³-hybridized carbons (Fsp3) is 0.783. The fourth-order valence-electron chi connectivity index (χ4n) is 9.16. The summed E-state index contributed by atoms with van der Waals surface area (Å²) in [6.07, 6.45) is -31.9. The average molecular weight is 1090 g/mol. The minimum Gasteiger partial charge on any atom is -0.504 e. The molecule has 0 aromatic heterocycles. The third-order valence-corrected chi connectivity index (χ3v) is 13.4. The molecule has 0 bridgehead atoms. The number of unbranched alkanes of at least 4 members (excludes halogenated alkanes) is 5. The number of ether oxygens (including phenoxy) is 9. The van der Waals surface area contributed by atoms with Crippen molar-refractivity contribution in [3.05, 3.63) is 23.8 Å². The van der Waals surface area contributed by atoms with E-state index < -0.39 is 184 Å². The van der Waals surface area contributed by atoms with Gasteiger partial charge in [-0.1, -0.05) is 25.7 Å². The Morgan fingerprint density at radius 3 is 1.97 bits per heavy atom. The van der Waals surface area contributed by atoms with Crippen molar-refractivity contribution in [1.29, 1.82) is 0 Å². The number of aliphatic hydroxyl groups is 11. The molecule has 0 saturated carbocycles. The third kappa shape index (κ3) is 15.2. The monoisotopic (exact) mass is 1080 g/mol. The number of hydrogen-bond donors (Lipinski definition) is 16. The molecule has 0 radical (unpaired) electrons. The van der Waals surface area contributed by atoms with Crippen molar-refractivity contribution < 1.29 is 133 Å². The van der Waals surface area contributed by atoms with Crippen LogP contribution in [0.2, 0.25) is 0 Å². The van der Waals surface area contributed by atoms with Gasteiger partial charge in [0.15, 0.2) is 30.4 Å². The second kappa shape index (κ2) is 28.0. The van der Waals surface area contributed by atoms with Gasteiger partial charge in [-0.25, -0.2) is 4.79 Å². The Balaban J connectivity index is 1.52. The lowest BCUT2D eigenvalue weighted by Gasteiger charge is -2.51. The number of nitrogens with one attached hydrogen (secondary N) is 2. The van der Waals surface area contributed by atoms with Crippen molar-refractivity contribution in [3.63, 3.8) is 0 Å². The molecule has 1 aromatic rings. The maximum atomic E-state index is 14.1. The normalized spacial score (nSPS) is 37.0. The summed E-state index contributed by atoms with van der Waals surface area (Å²) in [7, 11) is 1.30. The number of aliphatic carboxylic acids is 1. The zero-order valence-electron chi connectivity index (χ0n) is 41.3. The van der Waals surface area contributed by atoms with Gasteiger partial charge >= 0.3 is 11.9 Å². The second-order valence-corrected chi connectivity index (χ2v) is 18.8. The van der Waals surface area contributed by atoms with Crippen LogP contribution in [0.3, 0.4) is 0 Å². The molecule has 29 heteroatoms. The number of carbonyl (C=O) groups excluding carboxylic acids is 3. The molecule has 0 spiro atoms. The first-order valence-electron chi connectivity index (χ1n) is 24.4. The number of carboxylic acid groups (broad SMARTS) is 1. The van der Waals surface area contributed by atoms with E-state index in [1.54, 1.807) is 0 Å². The SMILES string of the molecule is COC(=O)CCCCCCCCO[C@@H]1OC(CO)[C@@H](OC2OC(CO)[C@H](O)C(O[C@]3(C(=O)O)CC(O)[C@@H](NC(C)=O)C(C(O)C(O)CO)O3)C2O)C(O[C@@H]2OC(C)[C@@H](O)C(O)C2O)C1NC(=O)c1ccc(O)c(O)c1. The van der Waals surface area contributed by atoms with Crippen molar-refractivity contribution >= 4 is 23.8 Å². The summed E-state index contributed by atoms with van der Waals surface area (Å²) in [6.45, 7) is -0.928. The van der Waals surface area contributed by atoms with Crippen LogP contribution in [0.25, 0.3) is 0 Å². The summed E-state index contributed by atoms with van der Waals surface area (Å²) >= 11 is 0. The van der Waals surface area contributed by atoms with Gasteiger partial charge in [-0.2, -0.15) is 0 Å². The molecule has 75 heavy (non-hydrogen) atoms. The molecule has 0 aliphatic carbocycles. The van der Waals surface area contributed by atoms with Crippen molar-refractivity contribution in [1.82, 2.24) is 10.6 Å². The Hall–Kier alpha value is -4.06. The highest BCUT2D eigenvalue weighted by molar-refractivity contribution is 5.95. The maximum absolute atomic E-state index is 14.1. The van der Waals surface area contributed by atoms with Crippen molar-refractivity contribution in [3.8, 4) is 11.5 Å². The van der Waals surface area contributed by atoms with Crippen LogP contribution in [0.15, 0.2) is 18.2 Å². The molecule has 2 amide bonds. The van der Waals surface area contributed by atoms with Crippen LogP contribution >= 0.6 is 0 Å². The molecule has 4 fully saturated rings. The minimum atomic E-state index is -3.18. The number of hydrogen-bond acceptors (Lipinski definition) is 26. The Kier molecular flexibility index (Phi) is 23.1. The Morgan fingerprint density at radius 1 is 0.733 bits per heavy atom. The van der Waals surface area contributed by atoms with E-state index in [2.05, 4.69) is 15.4 Å². The summed E-state index contributed by atoms with van der Waals surface area (Å²) < 4.78 is 52.6. The zero-order valence-corrected chi connectivity index (χ0v) is 41.3. The molecule has 428 valence electrons. The average Bonchev–Trinajstić information content (AvgIpc) is 3.38. The summed E-state index contributed by atoms with van der Waals surface area (Å²) in [4.78, 5) is 50.8. The van der Waals surface area contributed by atoms with E-state index in [1.165, 1.54) is 14.0 Å². The van der Waals surface area contributed by atoms with E-state index in [0.29, 0.717) is 19.3 Å². The highest BCUT2D eigenvalue weighted by Crippen LogP contribution is 2.39. The smallest absolute Gasteiger partial charge is 0.364 e. The van der Waals surface area contributed by atoms with Crippen LogP contribution in [-0.4, -0.2) is 257 Å². The molecule has 21 atom stereocenters. The summed E-state index contributed by atoms with van der Waals surface area (Å²) in [5.74, 6) is -8.63. The Labute approximate surface area is 429 Å². The van der Waals surface area contributed by atoms with Gasteiger partial charge in [0, 0.05) is 31.9 Å². The number of aromatic hydroxyl groups is 2. The molecular weight excluding hydrogens is 1010 g/mol. The quantitative estimate of drug-likeness (QED) is 0.0247. The van der Waals surface area contributed by atoms with Gasteiger partial charge in [-0.15, -0.1) is 0 Å². The van der Waals surface area contributed by atoms with E-state index in [1.807, 2.05) is 0 Å². The topological polar surface area (TPSA) is 459 Å². The summed E-state index contributed by atoms with van der Waals surface area (Å²) in [5.41, 5.74) is -0.255. The second-order valence-electron chi connectivity index (χ2n) is 18.8. The number of esters is 1. The van der Waals surface area contributed by atoms with Gasteiger partial charge in [-0.3, -0.25) is 14.4 Å². The van der Waals surface area contributed by atoms with Crippen LogP contribution in [0, 0.1) is 0 Å². The number of benzene rings is 1. The summed E-state index contributed by atoms with van der Waals surface area (Å²) in [6, 6.07) is -0.258. The van der Waals surface area contributed by atoms with E-state index in [0.717, 1.165) is 44.4 Å². The molecule has 29 nitrogen and oxygen atoms in total. The van der Waals surface area contributed by atoms with E-state index >= 15 is 0 Å². The van der Waals surface area contributed by atoms with Gasteiger partial charge in [0.1, 0.15) is 85.4 Å². The van der Waals surface area contributed by atoms with Gasteiger partial charge in [-0.05, 0) is 38.0 Å². The number of carbonyl (C=O) groups is 4. The summed E-state index contributed by atoms with van der Waals surface area (Å²) in [5, 5.41) is 155. The first kappa shape index (κ1) is 61.8. The van der Waals surface area contributed by atoms with Gasteiger partial charge in [0.25, 0.3) is 11.7 Å². The molecule has 16 N–H and O–H groups in total. The van der Waals surface area contributed by atoms with E-state index in [4.69, 9.17) is 37.9 Å². The molecule has 4 heterocycles. The lowest BCUT2D eigenvalue weighted by molar-refractivity contribution is -0.391. The minimum absolute atomic E-state index is 0.0654. The highest BCUT2D eigenvalue weighted by Gasteiger charge is 2.61. The first-order chi connectivity index (χ1) is 35.5. The van der Waals surface area contributed by atoms with Crippen molar-refractivity contribution in [2.45, 2.75) is 194 Å². The molecule has 1 aromatic carbocycles. The fourth-order valence-corrected chi connectivity index (χ4v) is 9.16. The highest BCUT2D eigenvalue weighted by atomic mass is 16.8. The Morgan fingerprint density at radius 2 is 1.36 bits per heavy atom. The zero-order chi connectivity index (χ0) is 55.5. The lowest BCUT2D eigenvalue weighted by atomic mass is 9.88. The van der Waals surface area contributed by atoms with E-state index in [9.17, 15) is 90.7 Å². The lowest BCUT2D eigenvalue weighted by Crippen LogP contribution is -2.71. The maximum Gasteiger partial charge on any atom is 0.364 e. The number of carboxylic acids is 1. The molecule has 4 aliphatic rings. The van der Waals surface area contributed by atoms with E-state index in [-0.39, 0.29) is 24.6 Å². The number of methoxy groups -OCH3 is 1. The Bertz CT molecular complexity index is 2010. The standard InChI is InChI=1S/C46H72N2O27/c1-19-31(58)34(61)35(62)43(69-19)73-39-30(48-41(64)21-11-12-22(53)23(54)14-21)42(68-13-9-7-5-4-6-8-10-28(57)67-3)71-27(18-51)37(39)72-44-36(63)40(33(60)26(17-50)70-44)75-46(45(65)66)15-24(55)29(47-20(2)52)38(74-46)32(59)25(56)16-49/h11-12,14,19,24-27,29-40,42-44,49-51,53-56,58-63H,4-10,13,15-18H2,1-3H3,(H,47,52)(H,48,64)(H,65,66)/t19?,24?,25?,26?,27?,29-,30?,31-,32?,33+,34?,35?,36?,37-,38?,39?,40?,42-,43+,44?,46+/m1/s1. The number of aliphatic hydroxyl groups excluding tert-OH is 11. The predicted octanol–water partition coefficient (Wildman–Crippen LogP) is -5.59. The first-order valence-corrected chi connectivity index (χ1v) is 24.4. The number of amides is 2. The van der Waals surface area contributed by atoms with Crippen LogP contribution in [0.5, 0.6) is 11.5 Å². The molecule has 14 unspecified atom stereocenters. The molecule has 4 saturated heterocycles. The molecular formula is C46H72N2O27. The van der Waals surface area contributed by atoms with Gasteiger partial charge < -0.3 is 125 Å². The largest absolute Gasteiger partial charge is 0.504 e. The van der Waals surface area contributed by atoms with Gasteiger partial charge in [0.05, 0.1) is 45.2 Å². The van der Waals surface area contributed by atoms with Gasteiger partial charge in [0.2, 0.25) is 5.91 Å². The van der Waals surface area contributed by atoms with Crippen molar-refractivity contribution in [2.75, 3.05) is 33.5 Å². The number of phenolic OH excluding ortho intramolecular Hbond substituents is 2.